The molecule has 0 saturated carbocycles. The van der Waals surface area contributed by atoms with Gasteiger partial charge in [0.25, 0.3) is 0 Å². The minimum atomic E-state index is -0.944. The molecule has 2 rings (SSSR count). The highest BCUT2D eigenvalue weighted by molar-refractivity contribution is 7.09. The molecule has 2 aromatic heterocycles. The fourth-order valence-electron chi connectivity index (χ4n) is 2.49. The van der Waals surface area contributed by atoms with Crippen LogP contribution >= 0.6 is 11.3 Å². The molecule has 1 N–H and O–H groups in total. The zero-order valence-corrected chi connectivity index (χ0v) is 13.2. The van der Waals surface area contributed by atoms with Crippen molar-refractivity contribution in [1.82, 2.24) is 14.5 Å². The third-order valence-electron chi connectivity index (χ3n) is 3.51. The minimum absolute atomic E-state index is 0.154. The molecule has 0 aromatic carbocycles. The van der Waals surface area contributed by atoms with Crippen LogP contribution in [0.4, 0.5) is 0 Å². The summed E-state index contributed by atoms with van der Waals surface area (Å²) in [5, 5.41) is 11.7. The number of thiazole rings is 1. The Morgan fingerprint density at radius 1 is 1.43 bits per heavy atom. The van der Waals surface area contributed by atoms with Gasteiger partial charge in [-0.3, -0.25) is 9.36 Å². The van der Waals surface area contributed by atoms with E-state index < -0.39 is 11.5 Å². The first kappa shape index (κ1) is 15.4. The summed E-state index contributed by atoms with van der Waals surface area (Å²) in [5.41, 5.74) is 0.593. The largest absolute Gasteiger partial charge is 0.481 e. The molecule has 0 aliphatic carbocycles. The molecule has 2 aromatic rings. The topological polar surface area (TPSA) is 85.1 Å². The van der Waals surface area contributed by atoms with E-state index >= 15 is 0 Å². The average molecular weight is 307 g/mol. The molecular formula is C14H17N3O3S. The molecule has 0 aliphatic rings. The summed E-state index contributed by atoms with van der Waals surface area (Å²) >= 11 is 1.45. The molecule has 0 unspecified atom stereocenters. The molecule has 0 fully saturated rings. The summed E-state index contributed by atoms with van der Waals surface area (Å²) in [4.78, 5) is 31.6. The number of nitrogens with zero attached hydrogens (tertiary/aromatic N) is 3. The molecule has 0 spiro atoms. The van der Waals surface area contributed by atoms with E-state index in [2.05, 4.69) is 9.97 Å². The van der Waals surface area contributed by atoms with E-state index in [4.69, 9.17) is 5.11 Å². The second kappa shape index (κ2) is 5.40. The van der Waals surface area contributed by atoms with Crippen molar-refractivity contribution in [1.29, 1.82) is 0 Å². The molecule has 0 atom stereocenters. The van der Waals surface area contributed by atoms with Gasteiger partial charge in [0.2, 0.25) is 0 Å². The Hall–Kier alpha value is -2.02. The summed E-state index contributed by atoms with van der Waals surface area (Å²) in [5.74, 6) is -0.944. The summed E-state index contributed by atoms with van der Waals surface area (Å²) in [6, 6.07) is 0. The van der Waals surface area contributed by atoms with E-state index in [1.165, 1.54) is 15.9 Å². The second-order valence-corrected chi connectivity index (χ2v) is 6.24. The van der Waals surface area contributed by atoms with Crippen LogP contribution in [0.5, 0.6) is 0 Å². The highest BCUT2D eigenvalue weighted by Gasteiger charge is 2.30. The highest BCUT2D eigenvalue weighted by Crippen LogP contribution is 2.28. The van der Waals surface area contributed by atoms with E-state index in [9.17, 15) is 9.59 Å². The fraction of sp³-hybridized carbons (Fsp3) is 0.429. The molecule has 0 amide bonds. The lowest BCUT2D eigenvalue weighted by atomic mass is 10.0. The van der Waals surface area contributed by atoms with Gasteiger partial charge in [-0.1, -0.05) is 0 Å². The van der Waals surface area contributed by atoms with Gasteiger partial charge >= 0.3 is 11.7 Å². The second-order valence-electron chi connectivity index (χ2n) is 5.35. The lowest BCUT2D eigenvalue weighted by molar-refractivity contribution is -0.136. The van der Waals surface area contributed by atoms with Crippen LogP contribution in [0, 0.1) is 13.8 Å². The predicted molar refractivity (Wildman–Crippen MR) is 79.8 cm³/mol. The molecule has 0 saturated heterocycles. The summed E-state index contributed by atoms with van der Waals surface area (Å²) in [6.45, 7) is 7.17. The van der Waals surface area contributed by atoms with Gasteiger partial charge in [-0.25, -0.2) is 9.78 Å². The predicted octanol–water partition coefficient (Wildman–Crippen LogP) is 1.73. The standard InChI is InChI=1S/C14H17N3O3S/c1-8-10(7-11(18)19)9(2)17(13(20)16-8)14(3,4)12-15-5-6-21-12/h5-6H,7H2,1-4H3,(H,18,19). The van der Waals surface area contributed by atoms with E-state index in [1.54, 1.807) is 20.0 Å². The highest BCUT2D eigenvalue weighted by atomic mass is 32.1. The van der Waals surface area contributed by atoms with E-state index in [0.717, 1.165) is 5.01 Å². The Kier molecular flexibility index (Phi) is 3.95. The van der Waals surface area contributed by atoms with Crippen molar-refractivity contribution in [2.45, 2.75) is 39.7 Å². The maximum Gasteiger partial charge on any atom is 0.348 e. The summed E-state index contributed by atoms with van der Waals surface area (Å²) in [7, 11) is 0. The van der Waals surface area contributed by atoms with Crippen LogP contribution < -0.4 is 5.69 Å². The van der Waals surface area contributed by atoms with Gasteiger partial charge < -0.3 is 5.11 Å². The number of carbonyl (C=O) groups is 1. The molecule has 21 heavy (non-hydrogen) atoms. The van der Waals surface area contributed by atoms with Crippen LogP contribution in [0.3, 0.4) is 0 Å². The first-order valence-electron chi connectivity index (χ1n) is 6.46. The SMILES string of the molecule is Cc1nc(=O)n(C(C)(C)c2nccs2)c(C)c1CC(=O)O. The molecule has 0 aliphatic heterocycles. The maximum absolute atomic E-state index is 12.3. The van der Waals surface area contributed by atoms with Crippen molar-refractivity contribution < 1.29 is 9.90 Å². The summed E-state index contributed by atoms with van der Waals surface area (Å²) < 4.78 is 1.52. The van der Waals surface area contributed by atoms with Crippen LogP contribution in [-0.2, 0) is 16.8 Å². The third kappa shape index (κ3) is 2.73. The maximum atomic E-state index is 12.3. The van der Waals surface area contributed by atoms with Gasteiger partial charge in [-0.2, -0.15) is 4.98 Å². The first-order valence-corrected chi connectivity index (χ1v) is 7.34. The van der Waals surface area contributed by atoms with Crippen LogP contribution in [0.1, 0.15) is 35.8 Å². The van der Waals surface area contributed by atoms with Gasteiger partial charge in [0.05, 0.1) is 12.0 Å². The quantitative estimate of drug-likeness (QED) is 0.929. The number of carboxylic acid groups (broad SMARTS) is 1. The number of hydrogen-bond acceptors (Lipinski definition) is 5. The van der Waals surface area contributed by atoms with Crippen molar-refractivity contribution >= 4 is 17.3 Å². The number of carboxylic acids is 1. The Bertz CT molecular complexity index is 733. The minimum Gasteiger partial charge on any atom is -0.481 e. The van der Waals surface area contributed by atoms with E-state index in [-0.39, 0.29) is 12.1 Å². The lowest BCUT2D eigenvalue weighted by Crippen LogP contribution is -2.41. The van der Waals surface area contributed by atoms with Gasteiger partial charge in [-0.05, 0) is 27.7 Å². The molecule has 6 nitrogen and oxygen atoms in total. The van der Waals surface area contributed by atoms with Crippen molar-refractivity contribution in [3.05, 3.63) is 44.0 Å². The summed E-state index contributed by atoms with van der Waals surface area (Å²) in [6.07, 6.45) is 1.53. The number of aromatic nitrogens is 3. The number of aliphatic carboxylic acids is 1. The smallest absolute Gasteiger partial charge is 0.348 e. The molecule has 7 heteroatoms. The van der Waals surface area contributed by atoms with E-state index in [1.807, 2.05) is 19.2 Å². The number of aryl methyl sites for hydroxylation is 1. The number of hydrogen-bond donors (Lipinski definition) is 1. The lowest BCUT2D eigenvalue weighted by Gasteiger charge is -2.28. The Morgan fingerprint density at radius 2 is 2.10 bits per heavy atom. The van der Waals surface area contributed by atoms with Crippen molar-refractivity contribution in [2.24, 2.45) is 0 Å². The van der Waals surface area contributed by atoms with Crippen molar-refractivity contribution in [2.75, 3.05) is 0 Å². The van der Waals surface area contributed by atoms with Crippen LogP contribution in [-0.4, -0.2) is 25.6 Å². The van der Waals surface area contributed by atoms with Gasteiger partial charge in [0.1, 0.15) is 5.01 Å². The van der Waals surface area contributed by atoms with Crippen LogP contribution in [0.15, 0.2) is 16.4 Å². The molecule has 0 bridgehead atoms. The van der Waals surface area contributed by atoms with Crippen LogP contribution in [0.2, 0.25) is 0 Å². The van der Waals surface area contributed by atoms with Crippen LogP contribution in [0.25, 0.3) is 0 Å². The van der Waals surface area contributed by atoms with E-state index in [0.29, 0.717) is 17.0 Å². The van der Waals surface area contributed by atoms with Crippen molar-refractivity contribution in [3.63, 3.8) is 0 Å². The molecule has 2 heterocycles. The third-order valence-corrected chi connectivity index (χ3v) is 4.59. The Balaban J connectivity index is 2.69. The molecule has 0 radical (unpaired) electrons. The molecule has 112 valence electrons. The van der Waals surface area contributed by atoms with Gasteiger partial charge in [-0.15, -0.1) is 11.3 Å². The Labute approximate surface area is 126 Å². The number of rotatable bonds is 4. The first-order chi connectivity index (χ1) is 9.75. The normalized spacial score (nSPS) is 11.6. The van der Waals surface area contributed by atoms with Crippen molar-refractivity contribution in [3.8, 4) is 0 Å². The van der Waals surface area contributed by atoms with Gasteiger partial charge in [0, 0.05) is 28.5 Å². The van der Waals surface area contributed by atoms with Gasteiger partial charge in [0.15, 0.2) is 0 Å². The monoisotopic (exact) mass is 307 g/mol. The zero-order chi connectivity index (χ0) is 15.8. The fourth-order valence-corrected chi connectivity index (χ4v) is 3.24. The Morgan fingerprint density at radius 3 is 2.62 bits per heavy atom. The average Bonchev–Trinajstić information content (AvgIpc) is 2.88. The molecular weight excluding hydrogens is 290 g/mol. The zero-order valence-electron chi connectivity index (χ0n) is 12.4.